The molecule has 1 atom stereocenters. The Morgan fingerprint density at radius 1 is 1.06 bits per heavy atom. The van der Waals surface area contributed by atoms with E-state index >= 15 is 0 Å². The van der Waals surface area contributed by atoms with Crippen molar-refractivity contribution in [3.8, 4) is 11.4 Å². The van der Waals surface area contributed by atoms with Gasteiger partial charge in [-0.2, -0.15) is 4.98 Å². The van der Waals surface area contributed by atoms with E-state index in [-0.39, 0.29) is 17.8 Å². The summed E-state index contributed by atoms with van der Waals surface area (Å²) in [4.78, 5) is 21.4. The zero-order valence-electron chi connectivity index (χ0n) is 18.6. The van der Waals surface area contributed by atoms with Gasteiger partial charge >= 0.3 is 0 Å². The second-order valence-corrected chi connectivity index (χ2v) is 8.19. The van der Waals surface area contributed by atoms with Crippen LogP contribution in [0.1, 0.15) is 36.9 Å². The van der Waals surface area contributed by atoms with Crippen LogP contribution < -0.4 is 0 Å². The second kappa shape index (κ2) is 9.44. The zero-order chi connectivity index (χ0) is 22.7. The molecule has 1 aliphatic rings. The summed E-state index contributed by atoms with van der Waals surface area (Å²) in [5.74, 6) is 0.846. The maximum Gasteiger partial charge on any atom is 0.246 e. The first-order valence-electron chi connectivity index (χ1n) is 10.8. The molecule has 32 heavy (non-hydrogen) atoms. The molecule has 2 aromatic carbocycles. The lowest BCUT2D eigenvalue weighted by molar-refractivity contribution is -0.128. The Bertz CT molecular complexity index is 1100. The highest BCUT2D eigenvalue weighted by atomic mass is 19.1. The van der Waals surface area contributed by atoms with Crippen molar-refractivity contribution in [3.05, 3.63) is 77.4 Å². The summed E-state index contributed by atoms with van der Waals surface area (Å²) in [6, 6.07) is 14.2. The summed E-state index contributed by atoms with van der Waals surface area (Å²) in [5, 5.41) is 4.13. The number of allylic oxidation sites excluding steroid dienone is 1. The average molecular weight is 435 g/mol. The van der Waals surface area contributed by atoms with Crippen LogP contribution in [0.5, 0.6) is 0 Å². The van der Waals surface area contributed by atoms with Crippen LogP contribution in [0.3, 0.4) is 0 Å². The molecule has 1 saturated heterocycles. The van der Waals surface area contributed by atoms with E-state index in [1.54, 1.807) is 18.2 Å². The van der Waals surface area contributed by atoms with E-state index in [2.05, 4.69) is 15.0 Å². The Balaban J connectivity index is 1.35. The minimum Gasteiger partial charge on any atom is -0.337 e. The number of aromatic nitrogens is 2. The van der Waals surface area contributed by atoms with E-state index in [0.29, 0.717) is 24.8 Å². The van der Waals surface area contributed by atoms with Crippen molar-refractivity contribution < 1.29 is 13.7 Å². The first kappa shape index (κ1) is 21.9. The van der Waals surface area contributed by atoms with E-state index in [1.165, 1.54) is 17.7 Å². The molecule has 1 amide bonds. The Morgan fingerprint density at radius 2 is 1.72 bits per heavy atom. The van der Waals surface area contributed by atoms with Crippen LogP contribution in [0.15, 0.2) is 59.1 Å². The molecule has 1 unspecified atom stereocenters. The number of nitrogens with zero attached hydrogens (tertiary/aromatic N) is 4. The summed E-state index contributed by atoms with van der Waals surface area (Å²) in [6.45, 7) is 8.63. The van der Waals surface area contributed by atoms with Crippen molar-refractivity contribution in [3.63, 3.8) is 0 Å². The highest BCUT2D eigenvalue weighted by Gasteiger charge is 2.27. The van der Waals surface area contributed by atoms with Crippen LogP contribution in [-0.4, -0.2) is 52.0 Å². The highest BCUT2D eigenvalue weighted by molar-refractivity contribution is 5.94. The first-order chi connectivity index (χ1) is 15.4. The van der Waals surface area contributed by atoms with Crippen molar-refractivity contribution >= 4 is 11.5 Å². The molecule has 1 aliphatic heterocycles. The zero-order valence-corrected chi connectivity index (χ0v) is 18.6. The van der Waals surface area contributed by atoms with Crippen molar-refractivity contribution in [2.45, 2.75) is 26.8 Å². The van der Waals surface area contributed by atoms with Gasteiger partial charge in [0, 0.05) is 37.8 Å². The number of carbonyl (C=O) groups is 1. The summed E-state index contributed by atoms with van der Waals surface area (Å²) in [6.07, 6.45) is 1.62. The Hall–Kier alpha value is -3.32. The lowest BCUT2D eigenvalue weighted by Crippen LogP contribution is -2.48. The molecule has 7 heteroatoms. The third kappa shape index (κ3) is 4.94. The minimum atomic E-state index is -0.287. The molecule has 0 spiro atoms. The van der Waals surface area contributed by atoms with E-state index in [0.717, 1.165) is 29.8 Å². The number of benzene rings is 2. The van der Waals surface area contributed by atoms with Crippen LogP contribution >= 0.6 is 0 Å². The molecule has 0 saturated carbocycles. The molecule has 166 valence electrons. The SMILES string of the molecule is C/C(=C/C(=O)N1CCN(C(C)c2nc(-c3ccc(C)cc3)no2)CC1)c1ccc(F)cc1. The Kier molecular flexibility index (Phi) is 6.46. The topological polar surface area (TPSA) is 62.5 Å². The summed E-state index contributed by atoms with van der Waals surface area (Å²) in [5.41, 5.74) is 3.77. The third-order valence-electron chi connectivity index (χ3n) is 5.92. The lowest BCUT2D eigenvalue weighted by Gasteiger charge is -2.36. The minimum absolute atomic E-state index is 0.0291. The number of amides is 1. The van der Waals surface area contributed by atoms with Gasteiger partial charge in [-0.15, -0.1) is 0 Å². The van der Waals surface area contributed by atoms with E-state index < -0.39 is 0 Å². The predicted octanol–water partition coefficient (Wildman–Crippen LogP) is 4.49. The van der Waals surface area contributed by atoms with Crippen molar-refractivity contribution in [2.24, 2.45) is 0 Å². The van der Waals surface area contributed by atoms with Crippen LogP contribution in [-0.2, 0) is 4.79 Å². The van der Waals surface area contributed by atoms with Gasteiger partial charge in [-0.3, -0.25) is 9.69 Å². The molecule has 0 N–H and O–H groups in total. The van der Waals surface area contributed by atoms with E-state index in [9.17, 15) is 9.18 Å². The molecule has 0 radical (unpaired) electrons. The van der Waals surface area contributed by atoms with Gasteiger partial charge < -0.3 is 9.42 Å². The monoisotopic (exact) mass is 434 g/mol. The number of rotatable bonds is 5. The first-order valence-corrected chi connectivity index (χ1v) is 10.8. The van der Waals surface area contributed by atoms with Gasteiger partial charge in [0.15, 0.2) is 0 Å². The molecule has 1 fully saturated rings. The highest BCUT2D eigenvalue weighted by Crippen LogP contribution is 2.24. The largest absolute Gasteiger partial charge is 0.337 e. The Morgan fingerprint density at radius 3 is 2.38 bits per heavy atom. The smallest absolute Gasteiger partial charge is 0.246 e. The number of halogens is 1. The maximum atomic E-state index is 13.1. The molecule has 0 aliphatic carbocycles. The van der Waals surface area contributed by atoms with E-state index in [4.69, 9.17) is 4.52 Å². The quantitative estimate of drug-likeness (QED) is 0.554. The van der Waals surface area contributed by atoms with Crippen molar-refractivity contribution in [2.75, 3.05) is 26.2 Å². The van der Waals surface area contributed by atoms with Gasteiger partial charge in [0.05, 0.1) is 6.04 Å². The fraction of sp³-hybridized carbons (Fsp3) is 0.320. The fourth-order valence-corrected chi connectivity index (χ4v) is 3.78. The van der Waals surface area contributed by atoms with Gasteiger partial charge in [0.25, 0.3) is 0 Å². The predicted molar refractivity (Wildman–Crippen MR) is 121 cm³/mol. The van der Waals surface area contributed by atoms with Crippen molar-refractivity contribution in [1.82, 2.24) is 19.9 Å². The van der Waals surface area contributed by atoms with Gasteiger partial charge in [0.2, 0.25) is 17.6 Å². The van der Waals surface area contributed by atoms with Gasteiger partial charge in [-0.1, -0.05) is 47.1 Å². The summed E-state index contributed by atoms with van der Waals surface area (Å²) < 4.78 is 18.6. The van der Waals surface area contributed by atoms with Crippen molar-refractivity contribution in [1.29, 1.82) is 0 Å². The number of carbonyl (C=O) groups excluding carboxylic acids is 1. The molecule has 1 aromatic heterocycles. The third-order valence-corrected chi connectivity index (χ3v) is 5.92. The number of aryl methyl sites for hydroxylation is 1. The van der Waals surface area contributed by atoms with Crippen LogP contribution in [0, 0.1) is 12.7 Å². The normalized spacial score (nSPS) is 16.2. The second-order valence-electron chi connectivity index (χ2n) is 8.19. The van der Waals surface area contributed by atoms with Gasteiger partial charge in [0.1, 0.15) is 5.82 Å². The van der Waals surface area contributed by atoms with Crippen LogP contribution in [0.4, 0.5) is 4.39 Å². The molecular formula is C25H27FN4O2. The standard InChI is InChI=1S/C25H27FN4O2/c1-17-4-6-21(7-5-17)24-27-25(32-28-24)19(3)29-12-14-30(15-13-29)23(31)16-18(2)20-8-10-22(26)11-9-20/h4-11,16,19H,12-15H2,1-3H3/b18-16-. The van der Waals surface area contributed by atoms with Gasteiger partial charge in [-0.25, -0.2) is 4.39 Å². The van der Waals surface area contributed by atoms with Crippen LogP contribution in [0.2, 0.25) is 0 Å². The molecular weight excluding hydrogens is 407 g/mol. The van der Waals surface area contributed by atoms with Gasteiger partial charge in [-0.05, 0) is 44.0 Å². The number of hydrogen-bond donors (Lipinski definition) is 0. The summed E-state index contributed by atoms with van der Waals surface area (Å²) >= 11 is 0. The average Bonchev–Trinajstić information content (AvgIpc) is 3.30. The fourth-order valence-electron chi connectivity index (χ4n) is 3.78. The molecule has 4 rings (SSSR count). The number of piperazine rings is 1. The van der Waals surface area contributed by atoms with E-state index in [1.807, 2.05) is 49.9 Å². The number of hydrogen-bond acceptors (Lipinski definition) is 5. The molecule has 0 bridgehead atoms. The molecule has 3 aromatic rings. The Labute approximate surface area is 187 Å². The summed E-state index contributed by atoms with van der Waals surface area (Å²) in [7, 11) is 0. The maximum absolute atomic E-state index is 13.1. The molecule has 2 heterocycles. The molecule has 6 nitrogen and oxygen atoms in total. The van der Waals surface area contributed by atoms with Crippen LogP contribution in [0.25, 0.3) is 17.0 Å². The lowest BCUT2D eigenvalue weighted by atomic mass is 10.1.